The average Bonchev–Trinajstić information content (AvgIpc) is 2.44. The molecule has 0 spiro atoms. The topological polar surface area (TPSA) is 61.8 Å². The molecule has 110 valence electrons. The molecule has 0 radical (unpaired) electrons. The van der Waals surface area contributed by atoms with Gasteiger partial charge in [0.2, 0.25) is 0 Å². The molecule has 1 aromatic carbocycles. The summed E-state index contributed by atoms with van der Waals surface area (Å²) >= 11 is 0. The van der Waals surface area contributed by atoms with Crippen molar-refractivity contribution in [1.82, 2.24) is 10.2 Å². The van der Waals surface area contributed by atoms with Gasteiger partial charge in [-0.25, -0.2) is 0 Å². The number of esters is 1. The van der Waals surface area contributed by atoms with Gasteiger partial charge in [0.1, 0.15) is 11.8 Å². The maximum atomic E-state index is 12.0. The van der Waals surface area contributed by atoms with E-state index >= 15 is 0 Å². The lowest BCUT2D eigenvalue weighted by Gasteiger charge is -2.34. The van der Waals surface area contributed by atoms with Gasteiger partial charge in [-0.2, -0.15) is 0 Å². The highest BCUT2D eigenvalue weighted by atomic mass is 16.5. The largest absolute Gasteiger partial charge is 0.508 e. The van der Waals surface area contributed by atoms with Crippen LogP contribution in [0.3, 0.4) is 0 Å². The first-order chi connectivity index (χ1) is 9.61. The summed E-state index contributed by atoms with van der Waals surface area (Å²) < 4.78 is 5.12. The number of nitrogens with one attached hydrogen (secondary N) is 1. The van der Waals surface area contributed by atoms with Crippen molar-refractivity contribution >= 4 is 5.97 Å². The highest BCUT2D eigenvalue weighted by molar-refractivity contribution is 5.76. The van der Waals surface area contributed by atoms with Crippen LogP contribution in [-0.4, -0.2) is 48.3 Å². The Bertz CT molecular complexity index is 476. The van der Waals surface area contributed by atoms with E-state index in [4.69, 9.17) is 4.74 Å². The van der Waals surface area contributed by atoms with Gasteiger partial charge in [0.25, 0.3) is 0 Å². The third-order valence-corrected chi connectivity index (χ3v) is 3.52. The van der Waals surface area contributed by atoms with Crippen LogP contribution in [0.1, 0.15) is 18.1 Å². The van der Waals surface area contributed by atoms with Crippen LogP contribution in [0.2, 0.25) is 0 Å². The fourth-order valence-electron chi connectivity index (χ4n) is 2.47. The van der Waals surface area contributed by atoms with Gasteiger partial charge in [0, 0.05) is 31.7 Å². The minimum Gasteiger partial charge on any atom is -0.508 e. The molecular formula is C15H22N2O3. The molecule has 5 nitrogen and oxygen atoms in total. The Labute approximate surface area is 119 Å². The summed E-state index contributed by atoms with van der Waals surface area (Å²) in [6, 6.07) is 5.24. The van der Waals surface area contributed by atoms with Gasteiger partial charge in [-0.15, -0.1) is 0 Å². The standard InChI is InChI=1S/C15H22N2O3/c1-3-20-15(19)13-9-16-6-7-17(13)10-12-8-11(2)4-5-14(12)18/h4-5,8,13,16,18H,3,6-7,9-10H2,1-2H3. The Hall–Kier alpha value is -1.59. The number of phenols is 1. The van der Waals surface area contributed by atoms with Crippen molar-refractivity contribution in [2.75, 3.05) is 26.2 Å². The number of carbonyl (C=O) groups excluding carboxylic acids is 1. The number of nitrogens with zero attached hydrogens (tertiary/aromatic N) is 1. The van der Waals surface area contributed by atoms with Gasteiger partial charge in [-0.3, -0.25) is 9.69 Å². The normalized spacial score (nSPS) is 19.8. The summed E-state index contributed by atoms with van der Waals surface area (Å²) in [5.74, 6) is 0.0728. The summed E-state index contributed by atoms with van der Waals surface area (Å²) in [5, 5.41) is 13.1. The lowest BCUT2D eigenvalue weighted by atomic mass is 10.1. The van der Waals surface area contributed by atoms with Gasteiger partial charge in [0.05, 0.1) is 6.61 Å². The second-order valence-corrected chi connectivity index (χ2v) is 5.07. The summed E-state index contributed by atoms with van der Waals surface area (Å²) in [4.78, 5) is 14.0. The number of rotatable bonds is 4. The van der Waals surface area contributed by atoms with Crippen molar-refractivity contribution in [3.05, 3.63) is 29.3 Å². The third-order valence-electron chi connectivity index (χ3n) is 3.52. The van der Waals surface area contributed by atoms with Gasteiger partial charge < -0.3 is 15.2 Å². The molecule has 1 aromatic rings. The lowest BCUT2D eigenvalue weighted by molar-refractivity contribution is -0.150. The first-order valence-corrected chi connectivity index (χ1v) is 7.01. The third kappa shape index (κ3) is 3.49. The van der Waals surface area contributed by atoms with Crippen LogP contribution in [0, 0.1) is 6.92 Å². The number of piperazine rings is 1. The number of phenolic OH excluding ortho intramolecular Hbond substituents is 1. The first-order valence-electron chi connectivity index (χ1n) is 7.01. The molecule has 5 heteroatoms. The fourth-order valence-corrected chi connectivity index (χ4v) is 2.47. The molecule has 1 fully saturated rings. The van der Waals surface area contributed by atoms with Crippen molar-refractivity contribution in [3.8, 4) is 5.75 Å². The molecule has 0 amide bonds. The predicted octanol–water partition coefficient (Wildman–Crippen LogP) is 1.04. The summed E-state index contributed by atoms with van der Waals surface area (Å²) in [5.41, 5.74) is 1.95. The van der Waals surface area contributed by atoms with Crippen molar-refractivity contribution in [3.63, 3.8) is 0 Å². The second-order valence-electron chi connectivity index (χ2n) is 5.07. The Morgan fingerprint density at radius 1 is 1.55 bits per heavy atom. The van der Waals surface area contributed by atoms with Gasteiger partial charge >= 0.3 is 5.97 Å². The number of carbonyl (C=O) groups is 1. The lowest BCUT2D eigenvalue weighted by Crippen LogP contribution is -2.54. The van der Waals surface area contributed by atoms with Crippen molar-refractivity contribution in [2.24, 2.45) is 0 Å². The molecule has 20 heavy (non-hydrogen) atoms. The minimum atomic E-state index is -0.288. The zero-order valence-electron chi connectivity index (χ0n) is 12.1. The van der Waals surface area contributed by atoms with Crippen LogP contribution >= 0.6 is 0 Å². The average molecular weight is 278 g/mol. The first kappa shape index (κ1) is 14.8. The van der Waals surface area contributed by atoms with Crippen LogP contribution in [0.15, 0.2) is 18.2 Å². The maximum absolute atomic E-state index is 12.0. The highest BCUT2D eigenvalue weighted by Gasteiger charge is 2.30. The summed E-state index contributed by atoms with van der Waals surface area (Å²) in [6.45, 7) is 6.93. The zero-order valence-corrected chi connectivity index (χ0v) is 12.1. The van der Waals surface area contributed by atoms with Gasteiger partial charge in [-0.1, -0.05) is 17.7 Å². The monoisotopic (exact) mass is 278 g/mol. The number of hydrogen-bond acceptors (Lipinski definition) is 5. The predicted molar refractivity (Wildman–Crippen MR) is 76.5 cm³/mol. The van der Waals surface area contributed by atoms with Crippen LogP contribution < -0.4 is 5.32 Å². The van der Waals surface area contributed by atoms with Crippen LogP contribution in [0.25, 0.3) is 0 Å². The Morgan fingerprint density at radius 2 is 2.35 bits per heavy atom. The van der Waals surface area contributed by atoms with E-state index in [1.165, 1.54) is 0 Å². The molecular weight excluding hydrogens is 256 g/mol. The molecule has 0 saturated carbocycles. The number of aromatic hydroxyl groups is 1. The van der Waals surface area contributed by atoms with Crippen LogP contribution in [0.5, 0.6) is 5.75 Å². The Balaban J connectivity index is 2.12. The molecule has 1 atom stereocenters. The molecule has 1 unspecified atom stereocenters. The fraction of sp³-hybridized carbons (Fsp3) is 0.533. The van der Waals surface area contributed by atoms with Crippen molar-refractivity contribution < 1.29 is 14.6 Å². The van der Waals surface area contributed by atoms with Crippen molar-refractivity contribution in [1.29, 1.82) is 0 Å². The van der Waals surface area contributed by atoms with Crippen LogP contribution in [0.4, 0.5) is 0 Å². The Morgan fingerprint density at radius 3 is 3.10 bits per heavy atom. The van der Waals surface area contributed by atoms with Crippen molar-refractivity contribution in [2.45, 2.75) is 26.4 Å². The molecule has 0 aromatic heterocycles. The number of benzene rings is 1. The molecule has 0 bridgehead atoms. The molecule has 1 aliphatic heterocycles. The van der Waals surface area contributed by atoms with Crippen LogP contribution in [-0.2, 0) is 16.1 Å². The van der Waals surface area contributed by atoms with E-state index < -0.39 is 0 Å². The number of ether oxygens (including phenoxy) is 1. The highest BCUT2D eigenvalue weighted by Crippen LogP contribution is 2.21. The van der Waals surface area contributed by atoms with E-state index in [9.17, 15) is 9.90 Å². The van der Waals surface area contributed by atoms with E-state index in [-0.39, 0.29) is 17.8 Å². The zero-order chi connectivity index (χ0) is 14.5. The molecule has 2 N–H and O–H groups in total. The van der Waals surface area contributed by atoms with E-state index in [2.05, 4.69) is 10.2 Å². The Kier molecular flexibility index (Phi) is 4.98. The number of hydrogen-bond donors (Lipinski definition) is 2. The molecule has 1 saturated heterocycles. The van der Waals surface area contributed by atoms with E-state index in [0.717, 1.165) is 24.2 Å². The van der Waals surface area contributed by atoms with E-state index in [1.807, 2.05) is 26.0 Å². The smallest absolute Gasteiger partial charge is 0.324 e. The van der Waals surface area contributed by atoms with Gasteiger partial charge in [-0.05, 0) is 19.9 Å². The number of aryl methyl sites for hydroxylation is 1. The molecule has 1 aliphatic rings. The SMILES string of the molecule is CCOC(=O)C1CNCCN1Cc1cc(C)ccc1O. The summed E-state index contributed by atoms with van der Waals surface area (Å²) in [7, 11) is 0. The second kappa shape index (κ2) is 6.72. The van der Waals surface area contributed by atoms with E-state index in [0.29, 0.717) is 19.7 Å². The quantitative estimate of drug-likeness (QED) is 0.806. The molecule has 0 aliphatic carbocycles. The maximum Gasteiger partial charge on any atom is 0.324 e. The minimum absolute atomic E-state index is 0.202. The van der Waals surface area contributed by atoms with E-state index in [1.54, 1.807) is 6.07 Å². The summed E-state index contributed by atoms with van der Waals surface area (Å²) in [6.07, 6.45) is 0. The molecule has 2 rings (SSSR count). The molecule has 1 heterocycles. The van der Waals surface area contributed by atoms with Gasteiger partial charge in [0.15, 0.2) is 0 Å².